The maximum atomic E-state index is 11.1. The van der Waals surface area contributed by atoms with Gasteiger partial charge in [-0.2, -0.15) is 5.10 Å². The van der Waals surface area contributed by atoms with Crippen LogP contribution in [0.1, 0.15) is 19.4 Å². The maximum Gasteiger partial charge on any atom is 0.221 e. The van der Waals surface area contributed by atoms with E-state index in [1.54, 1.807) is 7.11 Å². The number of methoxy groups -OCH3 is 1. The lowest BCUT2D eigenvalue weighted by molar-refractivity contribution is -0.114. The second-order valence-corrected chi connectivity index (χ2v) is 5.63. The van der Waals surface area contributed by atoms with E-state index in [-0.39, 0.29) is 5.91 Å². The van der Waals surface area contributed by atoms with Crippen LogP contribution < -0.4 is 20.8 Å². The molecule has 1 amide bonds. The molecule has 6 nitrogen and oxygen atoms in total. The highest BCUT2D eigenvalue weighted by molar-refractivity contribution is 7.80. The van der Waals surface area contributed by atoms with Gasteiger partial charge in [0.25, 0.3) is 0 Å². The number of hydrogen-bond donors (Lipinski definition) is 3. The lowest BCUT2D eigenvalue weighted by Crippen LogP contribution is -2.25. The van der Waals surface area contributed by atoms with Crippen molar-refractivity contribution < 1.29 is 9.53 Å². The van der Waals surface area contributed by atoms with Crippen LogP contribution in [0.4, 0.5) is 11.4 Å². The molecule has 2 aromatic carbocycles. The predicted molar refractivity (Wildman–Crippen MR) is 105 cm³/mol. The average Bonchev–Trinajstić information content (AvgIpc) is 2.60. The number of benzene rings is 2. The summed E-state index contributed by atoms with van der Waals surface area (Å²) < 4.78 is 5.27. The maximum absolute atomic E-state index is 11.1. The van der Waals surface area contributed by atoms with Gasteiger partial charge in [-0.15, -0.1) is 0 Å². The van der Waals surface area contributed by atoms with Crippen molar-refractivity contribution in [1.29, 1.82) is 0 Å². The third-order valence-electron chi connectivity index (χ3n) is 3.28. The normalized spacial score (nSPS) is 10.8. The van der Waals surface area contributed by atoms with Crippen LogP contribution in [0, 0.1) is 0 Å². The molecule has 0 unspecified atom stereocenters. The molecule has 0 heterocycles. The third-order valence-corrected chi connectivity index (χ3v) is 3.47. The van der Waals surface area contributed by atoms with Crippen LogP contribution in [0.3, 0.4) is 0 Å². The number of nitrogens with one attached hydrogen (secondary N) is 3. The molecule has 0 bridgehead atoms. The molecule has 130 valence electrons. The summed E-state index contributed by atoms with van der Waals surface area (Å²) in [5.41, 5.74) is 5.88. The van der Waals surface area contributed by atoms with E-state index >= 15 is 0 Å². The number of para-hydroxylation sites is 2. The number of carbonyl (C=O) groups excluding carboxylic acids is 1. The van der Waals surface area contributed by atoms with Crippen LogP contribution in [0.15, 0.2) is 53.6 Å². The zero-order valence-corrected chi connectivity index (χ0v) is 15.1. The van der Waals surface area contributed by atoms with Gasteiger partial charge < -0.3 is 15.4 Å². The molecule has 0 aliphatic rings. The fourth-order valence-electron chi connectivity index (χ4n) is 2.12. The monoisotopic (exact) mass is 356 g/mol. The van der Waals surface area contributed by atoms with Crippen molar-refractivity contribution in [2.24, 2.45) is 5.10 Å². The van der Waals surface area contributed by atoms with Gasteiger partial charge in [-0.25, -0.2) is 0 Å². The molecule has 7 heteroatoms. The van der Waals surface area contributed by atoms with Crippen LogP contribution in [0.5, 0.6) is 5.75 Å². The minimum absolute atomic E-state index is 0.118. The first-order chi connectivity index (χ1) is 12.0. The zero-order valence-electron chi connectivity index (χ0n) is 14.3. The second kappa shape index (κ2) is 8.79. The van der Waals surface area contributed by atoms with Gasteiger partial charge in [0.05, 0.1) is 18.5 Å². The lowest BCUT2D eigenvalue weighted by atomic mass is 10.1. The van der Waals surface area contributed by atoms with E-state index in [9.17, 15) is 4.79 Å². The predicted octanol–water partition coefficient (Wildman–Crippen LogP) is 3.36. The van der Waals surface area contributed by atoms with Crippen LogP contribution in [-0.2, 0) is 4.79 Å². The van der Waals surface area contributed by atoms with Crippen molar-refractivity contribution in [3.8, 4) is 5.75 Å². The SMILES string of the molecule is COc1ccccc1NC(=S)N/N=C(/C)c1cccc(NC(C)=O)c1. The van der Waals surface area contributed by atoms with Crippen molar-refractivity contribution in [2.45, 2.75) is 13.8 Å². The zero-order chi connectivity index (χ0) is 18.2. The Morgan fingerprint density at radius 2 is 1.84 bits per heavy atom. The summed E-state index contributed by atoms with van der Waals surface area (Å²) in [6.07, 6.45) is 0. The molecule has 0 fully saturated rings. The smallest absolute Gasteiger partial charge is 0.221 e. The summed E-state index contributed by atoms with van der Waals surface area (Å²) in [4.78, 5) is 11.1. The third kappa shape index (κ3) is 5.58. The van der Waals surface area contributed by atoms with Crippen molar-refractivity contribution in [1.82, 2.24) is 5.43 Å². The first kappa shape index (κ1) is 18.4. The number of thiocarbonyl (C=S) groups is 1. The number of hydrazone groups is 1. The van der Waals surface area contributed by atoms with Gasteiger partial charge in [-0.05, 0) is 49.0 Å². The number of nitrogens with zero attached hydrogens (tertiary/aromatic N) is 1. The van der Waals surface area contributed by atoms with Crippen LogP contribution in [0.25, 0.3) is 0 Å². The Hall–Kier alpha value is -2.93. The molecule has 0 radical (unpaired) electrons. The fraction of sp³-hybridized carbons (Fsp3) is 0.167. The Balaban J connectivity index is 2.03. The summed E-state index contributed by atoms with van der Waals surface area (Å²) in [5.74, 6) is 0.572. The van der Waals surface area contributed by atoms with Gasteiger partial charge in [-0.3, -0.25) is 10.2 Å². The van der Waals surface area contributed by atoms with Gasteiger partial charge in [0.1, 0.15) is 5.75 Å². The number of hydrogen-bond acceptors (Lipinski definition) is 4. The largest absolute Gasteiger partial charge is 0.495 e. The molecule has 3 N–H and O–H groups in total. The Morgan fingerprint density at radius 3 is 2.56 bits per heavy atom. The molecule has 0 spiro atoms. The first-order valence-electron chi connectivity index (χ1n) is 7.62. The Bertz CT molecular complexity index is 805. The van der Waals surface area contributed by atoms with Crippen molar-refractivity contribution in [3.05, 3.63) is 54.1 Å². The molecule has 0 aliphatic carbocycles. The Morgan fingerprint density at radius 1 is 1.08 bits per heavy atom. The average molecular weight is 356 g/mol. The minimum Gasteiger partial charge on any atom is -0.495 e. The van der Waals surface area contributed by atoms with Gasteiger partial charge >= 0.3 is 0 Å². The number of ether oxygens (including phenoxy) is 1. The molecular weight excluding hydrogens is 336 g/mol. The summed E-state index contributed by atoms with van der Waals surface area (Å²) in [5, 5.41) is 10.4. The summed E-state index contributed by atoms with van der Waals surface area (Å²) in [6, 6.07) is 14.9. The minimum atomic E-state index is -0.118. The molecular formula is C18H20N4O2S. The molecule has 0 atom stereocenters. The number of anilines is 2. The van der Waals surface area contributed by atoms with Crippen LogP contribution in [-0.4, -0.2) is 23.8 Å². The van der Waals surface area contributed by atoms with Gasteiger partial charge in [0.2, 0.25) is 5.91 Å². The van der Waals surface area contributed by atoms with Crippen molar-refractivity contribution >= 4 is 40.3 Å². The van der Waals surface area contributed by atoms with Gasteiger partial charge in [0.15, 0.2) is 5.11 Å². The van der Waals surface area contributed by atoms with E-state index in [2.05, 4.69) is 21.2 Å². The molecule has 25 heavy (non-hydrogen) atoms. The molecule has 0 aliphatic heterocycles. The first-order valence-corrected chi connectivity index (χ1v) is 8.02. The molecule has 0 aromatic heterocycles. The highest BCUT2D eigenvalue weighted by atomic mass is 32.1. The molecule has 0 saturated heterocycles. The van der Waals surface area contributed by atoms with Gasteiger partial charge in [0, 0.05) is 12.6 Å². The van der Waals surface area contributed by atoms with E-state index < -0.39 is 0 Å². The standard InChI is InChI=1S/C18H20N4O2S/c1-12(14-7-6-8-15(11-14)19-13(2)23)21-22-18(25)20-16-9-4-5-10-17(16)24-3/h4-11H,1-3H3,(H,19,23)(H2,20,22,25)/b21-12-. The van der Waals surface area contributed by atoms with E-state index in [1.165, 1.54) is 6.92 Å². The van der Waals surface area contributed by atoms with E-state index in [1.807, 2.05) is 55.5 Å². The number of carbonyl (C=O) groups is 1. The highest BCUT2D eigenvalue weighted by Crippen LogP contribution is 2.22. The molecule has 0 saturated carbocycles. The van der Waals surface area contributed by atoms with Crippen LogP contribution >= 0.6 is 12.2 Å². The van der Waals surface area contributed by atoms with E-state index in [0.29, 0.717) is 16.5 Å². The van der Waals surface area contributed by atoms with Crippen molar-refractivity contribution in [3.63, 3.8) is 0 Å². The lowest BCUT2D eigenvalue weighted by Gasteiger charge is -2.11. The van der Waals surface area contributed by atoms with E-state index in [4.69, 9.17) is 17.0 Å². The quantitative estimate of drug-likeness (QED) is 0.435. The summed E-state index contributed by atoms with van der Waals surface area (Å²) in [6.45, 7) is 3.32. The topological polar surface area (TPSA) is 74.8 Å². The highest BCUT2D eigenvalue weighted by Gasteiger charge is 2.04. The van der Waals surface area contributed by atoms with Gasteiger partial charge in [-0.1, -0.05) is 24.3 Å². The second-order valence-electron chi connectivity index (χ2n) is 5.23. The van der Waals surface area contributed by atoms with Crippen LogP contribution in [0.2, 0.25) is 0 Å². The Labute approximate surface area is 152 Å². The molecule has 2 aromatic rings. The summed E-state index contributed by atoms with van der Waals surface area (Å²) in [7, 11) is 1.60. The Kier molecular flexibility index (Phi) is 6.47. The fourth-order valence-corrected chi connectivity index (χ4v) is 2.28. The summed E-state index contributed by atoms with van der Waals surface area (Å²) >= 11 is 5.25. The van der Waals surface area contributed by atoms with Crippen molar-refractivity contribution in [2.75, 3.05) is 17.7 Å². The van der Waals surface area contributed by atoms with E-state index in [0.717, 1.165) is 17.0 Å². The number of rotatable bonds is 5. The number of amides is 1. The molecule has 2 rings (SSSR count).